The summed E-state index contributed by atoms with van der Waals surface area (Å²) >= 11 is 0. The third-order valence-corrected chi connectivity index (χ3v) is 5.19. The standard InChI is InChI=1S/C23H20FN5O2/c1-2-31-12-6-11-28-14-25-21-19(23(28)30)20-22(27-18-10-4-3-9-17(18)26-20)29(21)16-8-5-7-15(24)13-16/h3-5,7-10,13-14H,2,6,11-12H2,1H3. The van der Waals surface area contributed by atoms with Crippen molar-refractivity contribution in [3.63, 3.8) is 0 Å². The van der Waals surface area contributed by atoms with E-state index in [-0.39, 0.29) is 11.4 Å². The fourth-order valence-electron chi connectivity index (χ4n) is 3.77. The van der Waals surface area contributed by atoms with Crippen LogP contribution < -0.4 is 5.56 Å². The second kappa shape index (κ2) is 7.88. The molecule has 0 saturated heterocycles. The van der Waals surface area contributed by atoms with Crippen LogP contribution in [0.2, 0.25) is 0 Å². The SMILES string of the molecule is CCOCCCn1cnc2c(c1=O)c1nc3ccccc3nc1n2-c1cccc(F)c1. The predicted molar refractivity (Wildman–Crippen MR) is 117 cm³/mol. The Balaban J connectivity index is 1.81. The molecule has 2 aromatic carbocycles. The van der Waals surface area contributed by atoms with Crippen molar-refractivity contribution in [2.45, 2.75) is 19.9 Å². The summed E-state index contributed by atoms with van der Waals surface area (Å²) in [5, 5.41) is 0.372. The zero-order valence-electron chi connectivity index (χ0n) is 17.0. The highest BCUT2D eigenvalue weighted by molar-refractivity contribution is 6.05. The molecule has 7 nitrogen and oxygen atoms in total. The number of benzene rings is 2. The molecule has 0 fully saturated rings. The molecular formula is C23H20FN5O2. The third kappa shape index (κ3) is 3.34. The Hall–Kier alpha value is -3.65. The van der Waals surface area contributed by atoms with Gasteiger partial charge in [-0.1, -0.05) is 18.2 Å². The van der Waals surface area contributed by atoms with E-state index in [9.17, 15) is 9.18 Å². The molecule has 0 saturated carbocycles. The smallest absolute Gasteiger partial charge is 0.265 e. The average Bonchev–Trinajstić information content (AvgIpc) is 3.10. The summed E-state index contributed by atoms with van der Waals surface area (Å²) in [5.74, 6) is -0.384. The van der Waals surface area contributed by atoms with Crippen LogP contribution in [-0.2, 0) is 11.3 Å². The second-order valence-corrected chi connectivity index (χ2v) is 7.19. The van der Waals surface area contributed by atoms with E-state index >= 15 is 0 Å². The van der Waals surface area contributed by atoms with E-state index in [0.29, 0.717) is 65.1 Å². The highest BCUT2D eigenvalue weighted by atomic mass is 19.1. The van der Waals surface area contributed by atoms with Crippen LogP contribution in [-0.4, -0.2) is 37.3 Å². The van der Waals surface area contributed by atoms with Crippen LogP contribution in [0.1, 0.15) is 13.3 Å². The van der Waals surface area contributed by atoms with Crippen molar-refractivity contribution < 1.29 is 9.13 Å². The van der Waals surface area contributed by atoms with E-state index in [1.807, 2.05) is 31.2 Å². The molecule has 156 valence electrons. The van der Waals surface area contributed by atoms with Gasteiger partial charge in [-0.2, -0.15) is 0 Å². The Morgan fingerprint density at radius 2 is 1.84 bits per heavy atom. The molecule has 0 unspecified atom stereocenters. The minimum Gasteiger partial charge on any atom is -0.382 e. The van der Waals surface area contributed by atoms with E-state index in [4.69, 9.17) is 14.7 Å². The lowest BCUT2D eigenvalue weighted by atomic mass is 10.3. The number of nitrogens with zero attached hydrogens (tertiary/aromatic N) is 5. The van der Waals surface area contributed by atoms with Crippen LogP contribution in [0, 0.1) is 5.82 Å². The van der Waals surface area contributed by atoms with Crippen LogP contribution >= 0.6 is 0 Å². The summed E-state index contributed by atoms with van der Waals surface area (Å²) < 4.78 is 22.6. The molecule has 31 heavy (non-hydrogen) atoms. The molecule has 0 atom stereocenters. The van der Waals surface area contributed by atoms with Gasteiger partial charge >= 0.3 is 0 Å². The van der Waals surface area contributed by atoms with E-state index < -0.39 is 0 Å². The maximum Gasteiger partial charge on any atom is 0.265 e. The summed E-state index contributed by atoms with van der Waals surface area (Å²) in [6.07, 6.45) is 2.21. The Labute approximate surface area is 176 Å². The summed E-state index contributed by atoms with van der Waals surface area (Å²) in [4.78, 5) is 27.4. The van der Waals surface area contributed by atoms with Crippen molar-refractivity contribution in [2.24, 2.45) is 0 Å². The largest absolute Gasteiger partial charge is 0.382 e. The van der Waals surface area contributed by atoms with Crippen molar-refractivity contribution in [3.8, 4) is 5.69 Å². The van der Waals surface area contributed by atoms with Crippen molar-refractivity contribution >= 4 is 33.2 Å². The molecule has 5 rings (SSSR count). The summed E-state index contributed by atoms with van der Waals surface area (Å²) in [6, 6.07) is 13.6. The zero-order valence-corrected chi connectivity index (χ0v) is 17.0. The Morgan fingerprint density at radius 3 is 2.61 bits per heavy atom. The van der Waals surface area contributed by atoms with Gasteiger partial charge in [0, 0.05) is 19.8 Å². The molecule has 8 heteroatoms. The normalized spacial score (nSPS) is 11.7. The maximum absolute atomic E-state index is 14.0. The van der Waals surface area contributed by atoms with Gasteiger partial charge in [0.05, 0.1) is 23.0 Å². The number of aryl methyl sites for hydroxylation is 1. The van der Waals surface area contributed by atoms with Crippen LogP contribution in [0.4, 0.5) is 4.39 Å². The lowest BCUT2D eigenvalue weighted by Gasteiger charge is -2.08. The summed E-state index contributed by atoms with van der Waals surface area (Å²) in [7, 11) is 0. The quantitative estimate of drug-likeness (QED) is 0.392. The molecule has 0 radical (unpaired) electrons. The fraction of sp³-hybridized carbons (Fsp3) is 0.217. The number of rotatable bonds is 6. The number of hydrogen-bond acceptors (Lipinski definition) is 5. The maximum atomic E-state index is 14.0. The van der Waals surface area contributed by atoms with Gasteiger partial charge in [-0.15, -0.1) is 0 Å². The van der Waals surface area contributed by atoms with Gasteiger partial charge in [-0.3, -0.25) is 13.9 Å². The first kappa shape index (κ1) is 19.3. The van der Waals surface area contributed by atoms with Crippen LogP contribution in [0.15, 0.2) is 59.7 Å². The van der Waals surface area contributed by atoms with Gasteiger partial charge in [0.25, 0.3) is 5.56 Å². The van der Waals surface area contributed by atoms with Crippen LogP contribution in [0.25, 0.3) is 38.9 Å². The number of aromatic nitrogens is 5. The second-order valence-electron chi connectivity index (χ2n) is 7.19. The molecule has 0 aliphatic carbocycles. The zero-order chi connectivity index (χ0) is 21.4. The highest BCUT2D eigenvalue weighted by Crippen LogP contribution is 2.28. The van der Waals surface area contributed by atoms with E-state index in [1.54, 1.807) is 21.3 Å². The first-order valence-corrected chi connectivity index (χ1v) is 10.2. The third-order valence-electron chi connectivity index (χ3n) is 5.19. The van der Waals surface area contributed by atoms with Gasteiger partial charge in [0.15, 0.2) is 11.3 Å². The lowest BCUT2D eigenvalue weighted by Crippen LogP contribution is -2.21. The molecule has 3 aromatic heterocycles. The fourth-order valence-corrected chi connectivity index (χ4v) is 3.77. The molecule has 0 spiro atoms. The van der Waals surface area contributed by atoms with Crippen molar-refractivity contribution in [1.29, 1.82) is 0 Å². The van der Waals surface area contributed by atoms with Crippen LogP contribution in [0.5, 0.6) is 0 Å². The Morgan fingerprint density at radius 1 is 1.03 bits per heavy atom. The number of halogens is 1. The molecule has 0 aliphatic heterocycles. The number of fused-ring (bicyclic) bond motifs is 4. The minimum absolute atomic E-state index is 0.203. The number of hydrogen-bond donors (Lipinski definition) is 0. The predicted octanol–water partition coefficient (Wildman–Crippen LogP) is 3.85. The van der Waals surface area contributed by atoms with E-state index in [1.165, 1.54) is 18.5 Å². The number of ether oxygens (including phenoxy) is 1. The van der Waals surface area contributed by atoms with Crippen molar-refractivity contribution in [1.82, 2.24) is 24.1 Å². The average molecular weight is 417 g/mol. The van der Waals surface area contributed by atoms with Crippen molar-refractivity contribution in [3.05, 3.63) is 71.0 Å². The molecule has 5 aromatic rings. The first-order valence-electron chi connectivity index (χ1n) is 10.2. The van der Waals surface area contributed by atoms with Gasteiger partial charge in [0.2, 0.25) is 0 Å². The highest BCUT2D eigenvalue weighted by Gasteiger charge is 2.21. The summed E-state index contributed by atoms with van der Waals surface area (Å²) in [6.45, 7) is 3.62. The van der Waals surface area contributed by atoms with Gasteiger partial charge in [-0.05, 0) is 43.7 Å². The molecule has 0 bridgehead atoms. The monoisotopic (exact) mass is 417 g/mol. The molecular weight excluding hydrogens is 397 g/mol. The summed E-state index contributed by atoms with van der Waals surface area (Å²) in [5.41, 5.74) is 3.02. The van der Waals surface area contributed by atoms with E-state index in [2.05, 4.69) is 4.98 Å². The van der Waals surface area contributed by atoms with Gasteiger partial charge in [-0.25, -0.2) is 19.3 Å². The Kier molecular flexibility index (Phi) is 4.91. The first-order chi connectivity index (χ1) is 15.2. The molecule has 3 heterocycles. The molecule has 0 N–H and O–H groups in total. The van der Waals surface area contributed by atoms with Gasteiger partial charge in [0.1, 0.15) is 16.7 Å². The topological polar surface area (TPSA) is 74.8 Å². The van der Waals surface area contributed by atoms with E-state index in [0.717, 1.165) is 0 Å². The minimum atomic E-state index is -0.384. The molecule has 0 amide bonds. The molecule has 0 aliphatic rings. The van der Waals surface area contributed by atoms with Gasteiger partial charge < -0.3 is 4.74 Å². The number of para-hydroxylation sites is 2. The Bertz CT molecular complexity index is 1470. The van der Waals surface area contributed by atoms with Crippen molar-refractivity contribution in [2.75, 3.05) is 13.2 Å². The lowest BCUT2D eigenvalue weighted by molar-refractivity contribution is 0.141. The van der Waals surface area contributed by atoms with Crippen LogP contribution in [0.3, 0.4) is 0 Å².